The van der Waals surface area contributed by atoms with Crippen LogP contribution in [0.25, 0.3) is 0 Å². The minimum Gasteiger partial charge on any atom is -0.352 e. The van der Waals surface area contributed by atoms with Gasteiger partial charge >= 0.3 is 0 Å². The summed E-state index contributed by atoms with van der Waals surface area (Å²) in [4.78, 5) is 11.9. The van der Waals surface area contributed by atoms with E-state index < -0.39 is 15.8 Å². The van der Waals surface area contributed by atoms with Crippen LogP contribution < -0.4 is 15.4 Å². The molecule has 1 fully saturated rings. The Kier molecular flexibility index (Phi) is 8.08. The summed E-state index contributed by atoms with van der Waals surface area (Å²) in [6.45, 7) is 3.77. The average Bonchev–Trinajstić information content (AvgIpc) is 2.50. The number of amides is 1. The second-order valence-electron chi connectivity index (χ2n) is 5.75. The second kappa shape index (κ2) is 9.31. The molecule has 0 aromatic heterocycles. The smallest absolute Gasteiger partial charge is 0.240 e. The molecular formula is C15H23ClFN3O3S. The lowest BCUT2D eigenvalue weighted by molar-refractivity contribution is -0.122. The summed E-state index contributed by atoms with van der Waals surface area (Å²) in [7, 11) is -3.73. The first-order valence-electron chi connectivity index (χ1n) is 7.64. The third-order valence-corrected chi connectivity index (χ3v) is 5.42. The molecule has 1 aromatic carbocycles. The van der Waals surface area contributed by atoms with E-state index in [4.69, 9.17) is 0 Å². The summed E-state index contributed by atoms with van der Waals surface area (Å²) < 4.78 is 39.1. The van der Waals surface area contributed by atoms with Crippen LogP contribution in [0.3, 0.4) is 0 Å². The van der Waals surface area contributed by atoms with E-state index in [2.05, 4.69) is 22.3 Å². The Balaban J connectivity index is 0.00000288. The summed E-state index contributed by atoms with van der Waals surface area (Å²) in [5.41, 5.74) is 0. The zero-order chi connectivity index (χ0) is 16.9. The van der Waals surface area contributed by atoms with Crippen molar-refractivity contribution in [2.45, 2.75) is 30.7 Å². The van der Waals surface area contributed by atoms with E-state index in [1.165, 1.54) is 12.1 Å². The van der Waals surface area contributed by atoms with Crippen LogP contribution >= 0.6 is 12.4 Å². The molecule has 1 aromatic rings. The van der Waals surface area contributed by atoms with Crippen LogP contribution in [0.2, 0.25) is 0 Å². The quantitative estimate of drug-likeness (QED) is 0.689. The van der Waals surface area contributed by atoms with E-state index in [9.17, 15) is 17.6 Å². The molecule has 136 valence electrons. The molecule has 1 amide bonds. The van der Waals surface area contributed by atoms with Crippen molar-refractivity contribution in [3.8, 4) is 0 Å². The number of halogens is 2. The molecule has 2 unspecified atom stereocenters. The van der Waals surface area contributed by atoms with Gasteiger partial charge in [-0.15, -0.1) is 12.4 Å². The van der Waals surface area contributed by atoms with Crippen molar-refractivity contribution in [1.29, 1.82) is 0 Å². The van der Waals surface area contributed by atoms with Crippen molar-refractivity contribution in [3.05, 3.63) is 30.1 Å². The fraction of sp³-hybridized carbons (Fsp3) is 0.533. The SMILES string of the molecule is CC1CCNCC1NC(=O)CCNS(=O)(=O)c1ccc(F)cc1.Cl. The predicted octanol–water partition coefficient (Wildman–Crippen LogP) is 1.03. The van der Waals surface area contributed by atoms with Gasteiger partial charge in [0.25, 0.3) is 0 Å². The number of carbonyl (C=O) groups is 1. The van der Waals surface area contributed by atoms with Crippen LogP contribution in [-0.2, 0) is 14.8 Å². The van der Waals surface area contributed by atoms with Gasteiger partial charge in [-0.25, -0.2) is 17.5 Å². The minimum absolute atomic E-state index is 0. The van der Waals surface area contributed by atoms with Crippen molar-refractivity contribution in [2.75, 3.05) is 19.6 Å². The first kappa shape index (κ1) is 20.8. The molecule has 3 N–H and O–H groups in total. The van der Waals surface area contributed by atoms with E-state index in [-0.39, 0.29) is 42.2 Å². The maximum absolute atomic E-state index is 12.8. The fourth-order valence-electron chi connectivity index (χ4n) is 2.46. The Morgan fingerprint density at radius 1 is 1.33 bits per heavy atom. The molecule has 9 heteroatoms. The molecule has 1 aliphatic rings. The van der Waals surface area contributed by atoms with Gasteiger partial charge < -0.3 is 10.6 Å². The Bertz CT molecular complexity index is 640. The van der Waals surface area contributed by atoms with E-state index in [0.29, 0.717) is 5.92 Å². The Morgan fingerprint density at radius 2 is 2.00 bits per heavy atom. The summed E-state index contributed by atoms with van der Waals surface area (Å²) in [6, 6.07) is 4.61. The van der Waals surface area contributed by atoms with Gasteiger partial charge in [0.15, 0.2) is 0 Å². The van der Waals surface area contributed by atoms with Gasteiger partial charge in [0, 0.05) is 25.6 Å². The lowest BCUT2D eigenvalue weighted by Crippen LogP contribution is -2.50. The molecule has 0 bridgehead atoms. The zero-order valence-electron chi connectivity index (χ0n) is 13.4. The number of hydrogen-bond acceptors (Lipinski definition) is 4. The molecule has 0 aliphatic carbocycles. The largest absolute Gasteiger partial charge is 0.352 e. The van der Waals surface area contributed by atoms with Crippen molar-refractivity contribution in [2.24, 2.45) is 5.92 Å². The number of carbonyl (C=O) groups excluding carboxylic acids is 1. The van der Waals surface area contributed by atoms with E-state index in [1.807, 2.05) is 0 Å². The maximum atomic E-state index is 12.8. The summed E-state index contributed by atoms with van der Waals surface area (Å²) in [5, 5.41) is 6.14. The number of benzene rings is 1. The minimum atomic E-state index is -3.73. The van der Waals surface area contributed by atoms with Crippen LogP contribution in [0.4, 0.5) is 4.39 Å². The molecule has 0 saturated carbocycles. The van der Waals surface area contributed by atoms with Crippen LogP contribution in [0, 0.1) is 11.7 Å². The maximum Gasteiger partial charge on any atom is 0.240 e. The summed E-state index contributed by atoms with van der Waals surface area (Å²) >= 11 is 0. The summed E-state index contributed by atoms with van der Waals surface area (Å²) in [6.07, 6.45) is 1.06. The van der Waals surface area contributed by atoms with Crippen LogP contribution in [0.5, 0.6) is 0 Å². The molecule has 2 rings (SSSR count). The van der Waals surface area contributed by atoms with Crippen LogP contribution in [0.1, 0.15) is 19.8 Å². The van der Waals surface area contributed by atoms with Gasteiger partial charge in [-0.05, 0) is 43.1 Å². The van der Waals surface area contributed by atoms with E-state index in [0.717, 1.165) is 31.6 Å². The highest BCUT2D eigenvalue weighted by Gasteiger charge is 2.22. The van der Waals surface area contributed by atoms with Gasteiger partial charge in [-0.3, -0.25) is 4.79 Å². The molecule has 1 heterocycles. The van der Waals surface area contributed by atoms with E-state index in [1.54, 1.807) is 0 Å². The zero-order valence-corrected chi connectivity index (χ0v) is 15.1. The predicted molar refractivity (Wildman–Crippen MR) is 92.0 cm³/mol. The number of nitrogens with one attached hydrogen (secondary N) is 3. The third-order valence-electron chi connectivity index (χ3n) is 3.94. The molecular weight excluding hydrogens is 357 g/mol. The highest BCUT2D eigenvalue weighted by molar-refractivity contribution is 7.89. The summed E-state index contributed by atoms with van der Waals surface area (Å²) in [5.74, 6) is -0.290. The molecule has 24 heavy (non-hydrogen) atoms. The standard InChI is InChI=1S/C15H22FN3O3S.ClH/c1-11-6-8-17-10-14(11)19-15(20)7-9-18-23(21,22)13-4-2-12(16)3-5-13;/h2-5,11,14,17-18H,6-10H2,1H3,(H,19,20);1H. The first-order chi connectivity index (χ1) is 10.9. The average molecular weight is 380 g/mol. The highest BCUT2D eigenvalue weighted by Crippen LogP contribution is 2.11. The molecule has 1 aliphatic heterocycles. The molecule has 6 nitrogen and oxygen atoms in total. The van der Waals surface area contributed by atoms with Gasteiger partial charge in [0.1, 0.15) is 5.82 Å². The van der Waals surface area contributed by atoms with Crippen LogP contribution in [-0.4, -0.2) is 40.0 Å². The van der Waals surface area contributed by atoms with Crippen molar-refractivity contribution >= 4 is 28.3 Å². The monoisotopic (exact) mass is 379 g/mol. The van der Waals surface area contributed by atoms with Gasteiger partial charge in [-0.1, -0.05) is 6.92 Å². The van der Waals surface area contributed by atoms with Crippen molar-refractivity contribution in [1.82, 2.24) is 15.4 Å². The number of rotatable bonds is 6. The van der Waals surface area contributed by atoms with Crippen LogP contribution in [0.15, 0.2) is 29.2 Å². The number of piperidine rings is 1. The molecule has 1 saturated heterocycles. The fourth-order valence-corrected chi connectivity index (χ4v) is 3.49. The lowest BCUT2D eigenvalue weighted by atomic mass is 9.95. The third kappa shape index (κ3) is 6.01. The second-order valence-corrected chi connectivity index (χ2v) is 7.51. The highest BCUT2D eigenvalue weighted by atomic mass is 35.5. The first-order valence-corrected chi connectivity index (χ1v) is 9.12. The van der Waals surface area contributed by atoms with Crippen molar-refractivity contribution in [3.63, 3.8) is 0 Å². The lowest BCUT2D eigenvalue weighted by Gasteiger charge is -2.30. The normalized spacial score (nSPS) is 20.9. The Morgan fingerprint density at radius 3 is 2.62 bits per heavy atom. The molecule has 0 radical (unpaired) electrons. The van der Waals surface area contributed by atoms with Crippen molar-refractivity contribution < 1.29 is 17.6 Å². The van der Waals surface area contributed by atoms with E-state index >= 15 is 0 Å². The topological polar surface area (TPSA) is 87.3 Å². The molecule has 2 atom stereocenters. The number of hydrogen-bond donors (Lipinski definition) is 3. The Hall–Kier alpha value is -1.22. The van der Waals surface area contributed by atoms with Gasteiger partial charge in [-0.2, -0.15) is 0 Å². The Labute approximate surface area is 148 Å². The molecule has 0 spiro atoms. The van der Waals surface area contributed by atoms with Gasteiger partial charge in [0.2, 0.25) is 15.9 Å². The number of sulfonamides is 1. The van der Waals surface area contributed by atoms with Gasteiger partial charge in [0.05, 0.1) is 4.90 Å².